The van der Waals surface area contributed by atoms with Crippen molar-refractivity contribution in [3.05, 3.63) is 188 Å². The van der Waals surface area contributed by atoms with Gasteiger partial charge in [-0.15, -0.1) is 0 Å². The molecule has 0 unspecified atom stereocenters. The first-order chi connectivity index (χ1) is 22.3. The molecule has 214 valence electrons. The van der Waals surface area contributed by atoms with E-state index >= 15 is 0 Å². The van der Waals surface area contributed by atoms with Crippen LogP contribution in [-0.4, -0.2) is 12.6 Å². The van der Waals surface area contributed by atoms with Gasteiger partial charge in [0.25, 0.3) is 0 Å². The molecule has 1 N–H and O–H groups in total. The lowest BCUT2D eigenvalue weighted by molar-refractivity contribution is 1.18. The Balaban J connectivity index is 1.27. The van der Waals surface area contributed by atoms with Crippen LogP contribution in [-0.2, 0) is 0 Å². The van der Waals surface area contributed by atoms with Crippen LogP contribution in [0.3, 0.4) is 0 Å². The number of nitrogens with zero attached hydrogens (tertiary/aromatic N) is 1. The lowest BCUT2D eigenvalue weighted by Gasteiger charge is -2.34. The van der Waals surface area contributed by atoms with E-state index in [1.165, 1.54) is 42.6 Å². The standard InChI is InChI=1S/C42H32N2Si/c1-5-16-33(17-6-1)44-40-26-14-13-24-38(40)42-39(25-15-27-41(42)44)43-32-28-30-37(31-29-32)45(34-18-7-2-8-19-34,35-20-9-3-10-21-35)36-22-11-4-12-23-36/h1-31,43H. The molecule has 1 heterocycles. The molecule has 0 bridgehead atoms. The maximum Gasteiger partial charge on any atom is 0.179 e. The number of hydrogen-bond donors (Lipinski definition) is 1. The normalized spacial score (nSPS) is 11.6. The lowest BCUT2D eigenvalue weighted by Crippen LogP contribution is -2.74. The van der Waals surface area contributed by atoms with E-state index < -0.39 is 8.07 Å². The van der Waals surface area contributed by atoms with Crippen molar-refractivity contribution in [3.63, 3.8) is 0 Å². The maximum absolute atomic E-state index is 3.80. The second-order valence-electron chi connectivity index (χ2n) is 11.4. The van der Waals surface area contributed by atoms with Gasteiger partial charge in [-0.3, -0.25) is 0 Å². The molecular formula is C42H32N2Si. The highest BCUT2D eigenvalue weighted by Crippen LogP contribution is 2.37. The number of hydrogen-bond acceptors (Lipinski definition) is 1. The average molecular weight is 593 g/mol. The van der Waals surface area contributed by atoms with E-state index in [0.717, 1.165) is 17.1 Å². The quantitative estimate of drug-likeness (QED) is 0.147. The molecule has 0 saturated heterocycles. The van der Waals surface area contributed by atoms with E-state index in [9.17, 15) is 0 Å². The third-order valence-corrected chi connectivity index (χ3v) is 13.7. The van der Waals surface area contributed by atoms with Crippen LogP contribution in [0.25, 0.3) is 27.5 Å². The van der Waals surface area contributed by atoms with Gasteiger partial charge in [0.05, 0.1) is 11.0 Å². The van der Waals surface area contributed by atoms with Crippen molar-refractivity contribution in [1.29, 1.82) is 0 Å². The minimum atomic E-state index is -2.56. The summed E-state index contributed by atoms with van der Waals surface area (Å²) in [6, 6.07) is 68.3. The molecule has 0 atom stereocenters. The van der Waals surface area contributed by atoms with E-state index in [4.69, 9.17) is 0 Å². The summed E-state index contributed by atoms with van der Waals surface area (Å²) < 4.78 is 2.36. The predicted molar refractivity (Wildman–Crippen MR) is 194 cm³/mol. The van der Waals surface area contributed by atoms with Crippen LogP contribution in [0.4, 0.5) is 11.4 Å². The molecule has 0 fully saturated rings. The van der Waals surface area contributed by atoms with Crippen molar-refractivity contribution in [2.24, 2.45) is 0 Å². The number of fused-ring (bicyclic) bond motifs is 3. The highest BCUT2D eigenvalue weighted by Gasteiger charge is 2.41. The largest absolute Gasteiger partial charge is 0.355 e. The van der Waals surface area contributed by atoms with Gasteiger partial charge in [-0.05, 0) is 63.2 Å². The van der Waals surface area contributed by atoms with Crippen molar-refractivity contribution in [2.75, 3.05) is 5.32 Å². The zero-order chi connectivity index (χ0) is 30.1. The Labute approximate surface area is 264 Å². The first-order valence-corrected chi connectivity index (χ1v) is 17.5. The molecule has 7 aromatic carbocycles. The fourth-order valence-electron chi connectivity index (χ4n) is 7.00. The summed E-state index contributed by atoms with van der Waals surface area (Å²) in [5, 5.41) is 11.8. The van der Waals surface area contributed by atoms with E-state index in [0.29, 0.717) is 0 Å². The van der Waals surface area contributed by atoms with E-state index in [-0.39, 0.29) is 0 Å². The SMILES string of the molecule is c1ccc(-n2c3ccccc3c3c(Nc4ccc([Si](c5ccccc5)(c5ccccc5)c5ccccc5)cc4)cccc32)cc1. The van der Waals surface area contributed by atoms with Gasteiger partial charge >= 0.3 is 0 Å². The fourth-order valence-corrected chi connectivity index (χ4v) is 11.7. The molecule has 8 aromatic rings. The molecule has 45 heavy (non-hydrogen) atoms. The van der Waals surface area contributed by atoms with Crippen LogP contribution >= 0.6 is 0 Å². The van der Waals surface area contributed by atoms with Gasteiger partial charge < -0.3 is 9.88 Å². The summed E-state index contributed by atoms with van der Waals surface area (Å²) in [6.45, 7) is 0. The summed E-state index contributed by atoms with van der Waals surface area (Å²) in [7, 11) is -2.56. The zero-order valence-electron chi connectivity index (χ0n) is 24.8. The Morgan fingerprint density at radius 3 is 1.42 bits per heavy atom. The van der Waals surface area contributed by atoms with E-state index in [2.05, 4.69) is 198 Å². The van der Waals surface area contributed by atoms with Crippen LogP contribution in [0.5, 0.6) is 0 Å². The minimum absolute atomic E-state index is 1.07. The zero-order valence-corrected chi connectivity index (χ0v) is 25.8. The van der Waals surface area contributed by atoms with E-state index in [1.54, 1.807) is 0 Å². The monoisotopic (exact) mass is 592 g/mol. The molecule has 0 aliphatic heterocycles. The molecule has 0 saturated carbocycles. The molecule has 1 aromatic heterocycles. The van der Waals surface area contributed by atoms with Crippen molar-refractivity contribution in [2.45, 2.75) is 0 Å². The van der Waals surface area contributed by atoms with Gasteiger partial charge in [-0.2, -0.15) is 0 Å². The second-order valence-corrected chi connectivity index (χ2v) is 15.2. The Kier molecular flexibility index (Phi) is 6.86. The molecule has 0 radical (unpaired) electrons. The maximum atomic E-state index is 3.80. The first-order valence-electron chi connectivity index (χ1n) is 15.5. The summed E-state index contributed by atoms with van der Waals surface area (Å²) in [5.41, 5.74) is 5.72. The highest BCUT2D eigenvalue weighted by atomic mass is 28.3. The summed E-state index contributed by atoms with van der Waals surface area (Å²) in [5.74, 6) is 0. The fraction of sp³-hybridized carbons (Fsp3) is 0. The van der Waals surface area contributed by atoms with Crippen LogP contribution in [0, 0.1) is 0 Å². The Hall–Kier alpha value is -5.64. The van der Waals surface area contributed by atoms with Crippen molar-refractivity contribution < 1.29 is 0 Å². The third kappa shape index (κ3) is 4.57. The van der Waals surface area contributed by atoms with Gasteiger partial charge in [0, 0.05) is 27.8 Å². The third-order valence-electron chi connectivity index (χ3n) is 8.93. The topological polar surface area (TPSA) is 17.0 Å². The molecule has 0 aliphatic rings. The van der Waals surface area contributed by atoms with Crippen molar-refractivity contribution >= 4 is 62.0 Å². The van der Waals surface area contributed by atoms with Crippen LogP contribution < -0.4 is 26.1 Å². The minimum Gasteiger partial charge on any atom is -0.355 e. The lowest BCUT2D eigenvalue weighted by atomic mass is 10.1. The van der Waals surface area contributed by atoms with Gasteiger partial charge in [0.1, 0.15) is 0 Å². The smallest absolute Gasteiger partial charge is 0.179 e. The molecule has 0 amide bonds. The number of para-hydroxylation sites is 2. The second kappa shape index (κ2) is 11.5. The first kappa shape index (κ1) is 26.9. The predicted octanol–water partition coefficient (Wildman–Crippen LogP) is 7.90. The molecule has 2 nitrogen and oxygen atoms in total. The summed E-state index contributed by atoms with van der Waals surface area (Å²) >= 11 is 0. The summed E-state index contributed by atoms with van der Waals surface area (Å²) in [6.07, 6.45) is 0. The van der Waals surface area contributed by atoms with Crippen molar-refractivity contribution in [1.82, 2.24) is 4.57 Å². The van der Waals surface area contributed by atoms with Gasteiger partial charge in [0.2, 0.25) is 0 Å². The van der Waals surface area contributed by atoms with Crippen LogP contribution in [0.1, 0.15) is 0 Å². The van der Waals surface area contributed by atoms with Crippen LogP contribution in [0.2, 0.25) is 0 Å². The van der Waals surface area contributed by atoms with E-state index in [1.807, 2.05) is 0 Å². The summed E-state index contributed by atoms with van der Waals surface area (Å²) in [4.78, 5) is 0. The molecule has 8 rings (SSSR count). The number of aromatic nitrogens is 1. The number of benzene rings is 7. The van der Waals surface area contributed by atoms with Gasteiger partial charge in [0.15, 0.2) is 8.07 Å². The Bertz CT molecular complexity index is 2110. The number of nitrogens with one attached hydrogen (secondary N) is 1. The Morgan fingerprint density at radius 2 is 0.844 bits per heavy atom. The van der Waals surface area contributed by atoms with Crippen LogP contribution in [0.15, 0.2) is 188 Å². The number of anilines is 2. The number of rotatable bonds is 7. The molecule has 3 heteroatoms. The molecule has 0 aliphatic carbocycles. The van der Waals surface area contributed by atoms with Crippen molar-refractivity contribution in [3.8, 4) is 5.69 Å². The average Bonchev–Trinajstić information content (AvgIpc) is 3.46. The highest BCUT2D eigenvalue weighted by molar-refractivity contribution is 7.19. The molecule has 0 spiro atoms. The Morgan fingerprint density at radius 1 is 0.378 bits per heavy atom. The molecular weight excluding hydrogens is 561 g/mol. The van der Waals surface area contributed by atoms with Gasteiger partial charge in [-0.1, -0.05) is 146 Å². The van der Waals surface area contributed by atoms with Gasteiger partial charge in [-0.25, -0.2) is 0 Å².